The molecule has 0 unspecified atom stereocenters. The molecule has 0 N–H and O–H groups in total. The highest BCUT2D eigenvalue weighted by atomic mass is 15.0. The van der Waals surface area contributed by atoms with Crippen LogP contribution in [-0.2, 0) is 0 Å². The van der Waals surface area contributed by atoms with Crippen LogP contribution in [0.15, 0.2) is 170 Å². The van der Waals surface area contributed by atoms with Crippen molar-refractivity contribution in [2.45, 2.75) is 0 Å². The lowest BCUT2D eigenvalue weighted by atomic mass is 9.99. The van der Waals surface area contributed by atoms with Crippen molar-refractivity contribution in [1.82, 2.24) is 13.7 Å². The summed E-state index contributed by atoms with van der Waals surface area (Å²) < 4.78 is 6.90. The van der Waals surface area contributed by atoms with Gasteiger partial charge in [0.05, 0.1) is 69.9 Å². The zero-order chi connectivity index (χ0) is 38.2. The number of fused-ring (bicyclic) bond motifs is 9. The van der Waals surface area contributed by atoms with E-state index in [0.29, 0.717) is 17.1 Å². The van der Waals surface area contributed by atoms with Crippen LogP contribution in [0, 0.1) is 19.7 Å². The summed E-state index contributed by atoms with van der Waals surface area (Å²) >= 11 is 0. The van der Waals surface area contributed by atoms with E-state index in [2.05, 4.69) is 150 Å². The van der Waals surface area contributed by atoms with Gasteiger partial charge < -0.3 is 13.7 Å². The quantitative estimate of drug-likeness (QED) is 0.162. The van der Waals surface area contributed by atoms with E-state index < -0.39 is 0 Å². The minimum Gasteiger partial charge on any atom is -0.319 e. The molecule has 11 aromatic rings. The van der Waals surface area contributed by atoms with Gasteiger partial charge in [-0.2, -0.15) is 0 Å². The van der Waals surface area contributed by atoms with Crippen LogP contribution >= 0.6 is 0 Å². The van der Waals surface area contributed by atoms with Crippen molar-refractivity contribution in [3.8, 4) is 28.2 Å². The summed E-state index contributed by atoms with van der Waals surface area (Å²) in [6, 6.07) is 58.1. The maximum absolute atomic E-state index is 8.43. The van der Waals surface area contributed by atoms with E-state index in [-0.39, 0.29) is 0 Å². The Bertz CT molecular complexity index is 3500. The van der Waals surface area contributed by atoms with Gasteiger partial charge in [0.2, 0.25) is 5.69 Å². The van der Waals surface area contributed by atoms with Crippen molar-refractivity contribution in [2.75, 3.05) is 0 Å². The number of hydrogen-bond donors (Lipinski definition) is 0. The Kier molecular flexibility index (Phi) is 6.95. The summed E-state index contributed by atoms with van der Waals surface area (Å²) in [6.45, 7) is 23.9. The van der Waals surface area contributed by atoms with Crippen LogP contribution < -0.4 is 0 Å². The van der Waals surface area contributed by atoms with Crippen LogP contribution in [0.5, 0.6) is 0 Å². The Morgan fingerprint density at radius 2 is 0.807 bits per heavy atom. The Morgan fingerprint density at radius 3 is 1.44 bits per heavy atom. The van der Waals surface area contributed by atoms with Crippen molar-refractivity contribution < 1.29 is 0 Å². The molecule has 3 aromatic heterocycles. The van der Waals surface area contributed by atoms with E-state index in [1.165, 1.54) is 10.8 Å². The summed E-state index contributed by atoms with van der Waals surface area (Å²) in [5.41, 5.74) is 12.4. The molecule has 0 saturated heterocycles. The molecule has 11 rings (SSSR count). The number of aromatic nitrogens is 3. The molecule has 6 nitrogen and oxygen atoms in total. The monoisotopic (exact) mass is 724 g/mol. The first-order chi connectivity index (χ1) is 28.2. The van der Waals surface area contributed by atoms with Crippen LogP contribution in [-0.4, -0.2) is 13.7 Å². The van der Waals surface area contributed by atoms with E-state index in [1.54, 1.807) is 0 Å². The second-order valence-electron chi connectivity index (χ2n) is 14.2. The number of para-hydroxylation sites is 5. The van der Waals surface area contributed by atoms with E-state index in [4.69, 9.17) is 19.7 Å². The minimum atomic E-state index is 0.500. The zero-order valence-electron chi connectivity index (χ0n) is 30.3. The third-order valence-corrected chi connectivity index (χ3v) is 11.3. The first-order valence-electron chi connectivity index (χ1n) is 18.6. The van der Waals surface area contributed by atoms with Gasteiger partial charge in [0.1, 0.15) is 0 Å². The largest absolute Gasteiger partial charge is 0.319 e. The normalized spacial score (nSPS) is 11.5. The molecular formula is C51H28N6. The Morgan fingerprint density at radius 1 is 0.333 bits per heavy atom. The van der Waals surface area contributed by atoms with Gasteiger partial charge in [0.15, 0.2) is 11.4 Å². The highest BCUT2D eigenvalue weighted by Crippen LogP contribution is 2.46. The number of hydrogen-bond acceptors (Lipinski definition) is 0. The molecule has 0 aliphatic heterocycles. The second kappa shape index (κ2) is 12.3. The van der Waals surface area contributed by atoms with Crippen molar-refractivity contribution >= 4 is 82.5 Å². The van der Waals surface area contributed by atoms with Gasteiger partial charge in [-0.05, 0) is 77.0 Å². The lowest BCUT2D eigenvalue weighted by Gasteiger charge is -2.20. The molecule has 0 spiro atoms. The molecule has 0 atom stereocenters. The van der Waals surface area contributed by atoms with Gasteiger partial charge >= 0.3 is 0 Å². The summed E-state index contributed by atoms with van der Waals surface area (Å²) in [6.07, 6.45) is 0. The van der Waals surface area contributed by atoms with E-state index >= 15 is 0 Å². The molecule has 0 radical (unpaired) electrons. The first-order valence-corrected chi connectivity index (χ1v) is 18.6. The van der Waals surface area contributed by atoms with Gasteiger partial charge in [-0.15, -0.1) is 0 Å². The Labute approximate surface area is 327 Å². The van der Waals surface area contributed by atoms with Crippen LogP contribution in [0.1, 0.15) is 0 Å². The maximum atomic E-state index is 8.43. The van der Waals surface area contributed by atoms with Crippen molar-refractivity contribution in [1.29, 1.82) is 0 Å². The van der Waals surface area contributed by atoms with Crippen LogP contribution in [0.4, 0.5) is 17.1 Å². The number of benzene rings is 8. The fourth-order valence-corrected chi connectivity index (χ4v) is 8.98. The molecule has 0 saturated carbocycles. The third-order valence-electron chi connectivity index (χ3n) is 11.3. The maximum Gasteiger partial charge on any atom is 0.211 e. The molecule has 57 heavy (non-hydrogen) atoms. The summed E-state index contributed by atoms with van der Waals surface area (Å²) in [7, 11) is 0. The van der Waals surface area contributed by atoms with E-state index in [0.717, 1.165) is 82.8 Å². The standard InChI is InChI=1S/C51H28N6/c1-52-32-26-28-46-39(30-32)40-31-33(53-2)27-29-47(40)57(46)51-37(18-12-19-41(51)54-3)36-16-6-10-22-44(36)56-45-23-11-7-17-38(45)50-48(24-13-25-49(50)56)55-42-20-8-4-14-34(42)35-15-5-9-21-43(35)55/h4-31H. The molecule has 3 heterocycles. The zero-order valence-corrected chi connectivity index (χ0v) is 30.3. The molecule has 0 amide bonds. The smallest absolute Gasteiger partial charge is 0.211 e. The molecule has 0 aliphatic carbocycles. The van der Waals surface area contributed by atoms with Gasteiger partial charge in [-0.3, -0.25) is 0 Å². The van der Waals surface area contributed by atoms with Crippen molar-refractivity contribution in [3.63, 3.8) is 0 Å². The van der Waals surface area contributed by atoms with Gasteiger partial charge in [-0.1, -0.05) is 109 Å². The second-order valence-corrected chi connectivity index (χ2v) is 14.2. The molecular weight excluding hydrogens is 697 g/mol. The SMILES string of the molecule is [C-]#[N+]c1ccc2c(c1)c1cc([N+]#[C-])ccc1n2-c1c([N+]#[C-])cccc1-c1ccccc1-n1c2ccccc2c2c(-n3c4ccccc4c4ccccc43)cccc21. The lowest BCUT2D eigenvalue weighted by Crippen LogP contribution is -2.02. The Hall–Kier alpha value is -8.37. The molecule has 6 heteroatoms. The van der Waals surface area contributed by atoms with E-state index in [9.17, 15) is 0 Å². The van der Waals surface area contributed by atoms with E-state index in [1.807, 2.05) is 48.5 Å². The highest BCUT2D eigenvalue weighted by Gasteiger charge is 2.24. The molecule has 0 fully saturated rings. The first kappa shape index (κ1) is 32.1. The van der Waals surface area contributed by atoms with Crippen LogP contribution in [0.25, 0.3) is 108 Å². The van der Waals surface area contributed by atoms with Crippen LogP contribution in [0.3, 0.4) is 0 Å². The number of rotatable bonds is 4. The van der Waals surface area contributed by atoms with Gasteiger partial charge in [0.25, 0.3) is 0 Å². The lowest BCUT2D eigenvalue weighted by molar-refractivity contribution is 1.16. The average molecular weight is 725 g/mol. The fraction of sp³-hybridized carbons (Fsp3) is 0. The van der Waals surface area contributed by atoms with Crippen LogP contribution in [0.2, 0.25) is 0 Å². The third kappa shape index (κ3) is 4.55. The number of nitrogens with zero attached hydrogens (tertiary/aromatic N) is 6. The Balaban J connectivity index is 1.23. The highest BCUT2D eigenvalue weighted by molar-refractivity contribution is 6.17. The molecule has 262 valence electrons. The van der Waals surface area contributed by atoms with Gasteiger partial charge in [0, 0.05) is 27.1 Å². The predicted octanol–water partition coefficient (Wildman–Crippen LogP) is 14.3. The van der Waals surface area contributed by atoms with Crippen molar-refractivity contribution in [2.24, 2.45) is 0 Å². The minimum absolute atomic E-state index is 0.500. The fourth-order valence-electron chi connectivity index (χ4n) is 8.98. The summed E-state index contributed by atoms with van der Waals surface area (Å²) in [4.78, 5) is 11.5. The molecule has 0 aliphatic rings. The molecule has 0 bridgehead atoms. The van der Waals surface area contributed by atoms with Gasteiger partial charge in [-0.25, -0.2) is 14.5 Å². The topological polar surface area (TPSA) is 27.9 Å². The van der Waals surface area contributed by atoms with Crippen molar-refractivity contribution in [3.05, 3.63) is 204 Å². The predicted molar refractivity (Wildman–Crippen MR) is 234 cm³/mol. The summed E-state index contributed by atoms with van der Waals surface area (Å²) in [5, 5.41) is 6.45. The molecule has 8 aromatic carbocycles. The summed E-state index contributed by atoms with van der Waals surface area (Å²) in [5.74, 6) is 0. The average Bonchev–Trinajstić information content (AvgIpc) is 3.91.